The van der Waals surface area contributed by atoms with E-state index in [0.29, 0.717) is 48.3 Å². The van der Waals surface area contributed by atoms with Gasteiger partial charge in [0.2, 0.25) is 5.91 Å². The molecule has 3 heterocycles. The van der Waals surface area contributed by atoms with Crippen LogP contribution in [0.5, 0.6) is 5.75 Å². The molecule has 0 saturated carbocycles. The number of anilines is 2. The molecule has 0 atom stereocenters. The molecule has 2 amide bonds. The molecule has 1 aliphatic rings. The molecule has 1 aromatic carbocycles. The van der Waals surface area contributed by atoms with E-state index in [4.69, 9.17) is 4.74 Å². The Kier molecular flexibility index (Phi) is 7.79. The Hall–Kier alpha value is -3.18. The van der Waals surface area contributed by atoms with Gasteiger partial charge in [0.15, 0.2) is 10.9 Å². The highest BCUT2D eigenvalue weighted by atomic mass is 32.2. The molecule has 0 bridgehead atoms. The second-order valence-electron chi connectivity index (χ2n) is 9.06. The average Bonchev–Trinajstić information content (AvgIpc) is 3.30. The summed E-state index contributed by atoms with van der Waals surface area (Å²) in [6.07, 6.45) is 7.13. The van der Waals surface area contributed by atoms with Gasteiger partial charge in [-0.2, -0.15) is 0 Å². The van der Waals surface area contributed by atoms with Crippen LogP contribution in [0.15, 0.2) is 46.0 Å². The Labute approximate surface area is 219 Å². The number of thiazole rings is 1. The third-order valence-corrected chi connectivity index (χ3v) is 8.20. The third-order valence-electron chi connectivity index (χ3n) is 6.02. The quantitative estimate of drug-likeness (QED) is 0.476. The molecule has 3 aromatic rings. The number of aryl methyl sites for hydroxylation is 1. The minimum absolute atomic E-state index is 0.100. The van der Waals surface area contributed by atoms with E-state index in [1.807, 2.05) is 49.6 Å². The van der Waals surface area contributed by atoms with Gasteiger partial charge in [-0.1, -0.05) is 30.0 Å². The number of ether oxygens (including phenoxy) is 1. The number of rotatable bonds is 7. The molecule has 0 radical (unpaired) electrons. The Balaban J connectivity index is 1.56. The number of hydrogen-bond acceptors (Lipinski definition) is 9. The lowest BCUT2D eigenvalue weighted by molar-refractivity contribution is -0.135. The zero-order valence-corrected chi connectivity index (χ0v) is 22.7. The Bertz CT molecular complexity index is 1250. The zero-order chi connectivity index (χ0) is 25.9. The van der Waals surface area contributed by atoms with Gasteiger partial charge >= 0.3 is 0 Å². The summed E-state index contributed by atoms with van der Waals surface area (Å²) in [5.41, 5.74) is 1.02. The van der Waals surface area contributed by atoms with Crippen LogP contribution in [0.1, 0.15) is 43.1 Å². The number of carbonyl (C=O) groups is 2. The van der Waals surface area contributed by atoms with Crippen molar-refractivity contribution in [2.24, 2.45) is 0 Å². The van der Waals surface area contributed by atoms with Crippen LogP contribution in [0, 0.1) is 6.92 Å². The van der Waals surface area contributed by atoms with Crippen LogP contribution >= 0.6 is 23.1 Å². The highest BCUT2D eigenvalue weighted by molar-refractivity contribution is 8.01. The number of aromatic nitrogens is 3. The fourth-order valence-electron chi connectivity index (χ4n) is 4.17. The molecule has 9 nitrogen and oxygen atoms in total. The maximum Gasteiger partial charge on any atom is 0.258 e. The van der Waals surface area contributed by atoms with E-state index in [1.165, 1.54) is 11.3 Å². The Morgan fingerprint density at radius 3 is 2.67 bits per heavy atom. The van der Waals surface area contributed by atoms with Gasteiger partial charge in [-0.05, 0) is 38.5 Å². The molecule has 4 rings (SSSR count). The van der Waals surface area contributed by atoms with Crippen LogP contribution in [0.2, 0.25) is 0 Å². The molecule has 1 N–H and O–H groups in total. The first-order valence-corrected chi connectivity index (χ1v) is 13.3. The lowest BCUT2D eigenvalue weighted by Crippen LogP contribution is -2.62. The van der Waals surface area contributed by atoms with Gasteiger partial charge in [-0.15, -0.1) is 0 Å². The predicted octanol–water partition coefficient (Wildman–Crippen LogP) is 4.62. The smallest absolute Gasteiger partial charge is 0.258 e. The third kappa shape index (κ3) is 5.62. The summed E-state index contributed by atoms with van der Waals surface area (Å²) in [5, 5.41) is 3.86. The van der Waals surface area contributed by atoms with Crippen LogP contribution in [0.25, 0.3) is 0 Å². The predicted molar refractivity (Wildman–Crippen MR) is 141 cm³/mol. The first-order valence-electron chi connectivity index (χ1n) is 11.7. The first-order chi connectivity index (χ1) is 17.2. The average molecular weight is 527 g/mol. The molecular weight excluding hydrogens is 496 g/mol. The van der Waals surface area contributed by atoms with Crippen molar-refractivity contribution in [3.63, 3.8) is 0 Å². The highest BCUT2D eigenvalue weighted by Crippen LogP contribution is 2.39. The molecule has 1 aliphatic heterocycles. The molecule has 0 unspecified atom stereocenters. The summed E-state index contributed by atoms with van der Waals surface area (Å²) in [6, 6.07) is 3.80. The lowest BCUT2D eigenvalue weighted by atomic mass is 9.96. The van der Waals surface area contributed by atoms with Crippen molar-refractivity contribution in [1.82, 2.24) is 24.8 Å². The number of nitrogens with zero attached hydrogens (tertiary/aromatic N) is 5. The number of piperazine rings is 1. The van der Waals surface area contributed by atoms with Gasteiger partial charge in [0, 0.05) is 43.3 Å². The summed E-state index contributed by atoms with van der Waals surface area (Å²) in [7, 11) is 1.58. The lowest BCUT2D eigenvalue weighted by Gasteiger charge is -2.47. The van der Waals surface area contributed by atoms with Crippen LogP contribution < -0.4 is 10.1 Å². The van der Waals surface area contributed by atoms with E-state index in [2.05, 4.69) is 20.3 Å². The number of nitrogens with one attached hydrogen (secondary N) is 1. The topological polar surface area (TPSA) is 101 Å². The number of amides is 2. The standard InChI is InChI=1S/C25H30N6O3S2/c1-6-21(32)30-9-10-31(25(3,4)15-30)23(33)17-12-19(16(2)11-18(17)34-5)35-22-14-28-24(36-22)29-20-13-26-7-8-27-20/h7-8,11-14H,6,9-10,15H2,1-5H3,(H,27,28,29). The molecule has 0 aliphatic carbocycles. The minimum atomic E-state index is -0.498. The molecule has 1 saturated heterocycles. The van der Waals surface area contributed by atoms with Crippen LogP contribution in [-0.2, 0) is 4.79 Å². The second kappa shape index (κ2) is 10.8. The normalized spacial score (nSPS) is 15.0. The maximum absolute atomic E-state index is 13.8. The fraction of sp³-hybridized carbons (Fsp3) is 0.400. The van der Waals surface area contributed by atoms with Crippen molar-refractivity contribution in [2.45, 2.75) is 48.8 Å². The van der Waals surface area contributed by atoms with Crippen molar-refractivity contribution >= 4 is 45.9 Å². The second-order valence-corrected chi connectivity index (χ2v) is 11.4. The van der Waals surface area contributed by atoms with E-state index >= 15 is 0 Å². The number of carbonyl (C=O) groups excluding carboxylic acids is 2. The fourth-order valence-corrected chi connectivity index (χ4v) is 6.12. The molecule has 1 fully saturated rings. The van der Waals surface area contributed by atoms with E-state index in [1.54, 1.807) is 43.7 Å². The first kappa shape index (κ1) is 25.9. The SMILES string of the molecule is CCC(=O)N1CCN(C(=O)c2cc(Sc3cnc(Nc4cnccn4)s3)c(C)cc2OC)C(C)(C)C1. The van der Waals surface area contributed by atoms with Gasteiger partial charge < -0.3 is 19.9 Å². The van der Waals surface area contributed by atoms with Gasteiger partial charge in [0.25, 0.3) is 5.91 Å². The minimum Gasteiger partial charge on any atom is -0.496 e. The molecule has 36 heavy (non-hydrogen) atoms. The Morgan fingerprint density at radius 1 is 1.19 bits per heavy atom. The summed E-state index contributed by atoms with van der Waals surface area (Å²) < 4.78 is 6.58. The molecule has 190 valence electrons. The van der Waals surface area contributed by atoms with Crippen molar-refractivity contribution in [2.75, 3.05) is 32.1 Å². The van der Waals surface area contributed by atoms with Crippen molar-refractivity contribution in [1.29, 1.82) is 0 Å². The number of benzene rings is 1. The zero-order valence-electron chi connectivity index (χ0n) is 21.1. The van der Waals surface area contributed by atoms with Crippen LogP contribution in [0.4, 0.5) is 10.9 Å². The summed E-state index contributed by atoms with van der Waals surface area (Å²) >= 11 is 3.05. The van der Waals surface area contributed by atoms with E-state index in [9.17, 15) is 9.59 Å². The molecular formula is C25H30N6O3S2. The number of methoxy groups -OCH3 is 1. The summed E-state index contributed by atoms with van der Waals surface area (Å²) in [5.74, 6) is 1.18. The van der Waals surface area contributed by atoms with Crippen LogP contribution in [0.3, 0.4) is 0 Å². The molecule has 2 aromatic heterocycles. The van der Waals surface area contributed by atoms with Gasteiger partial charge in [0.05, 0.1) is 34.8 Å². The van der Waals surface area contributed by atoms with Crippen molar-refractivity contribution in [3.8, 4) is 5.75 Å². The van der Waals surface area contributed by atoms with Crippen molar-refractivity contribution in [3.05, 3.63) is 48.0 Å². The largest absolute Gasteiger partial charge is 0.496 e. The van der Waals surface area contributed by atoms with E-state index in [0.717, 1.165) is 14.7 Å². The Morgan fingerprint density at radius 2 is 2.00 bits per heavy atom. The maximum atomic E-state index is 13.8. The highest BCUT2D eigenvalue weighted by Gasteiger charge is 2.39. The number of hydrogen-bond donors (Lipinski definition) is 1. The molecule has 0 spiro atoms. The van der Waals surface area contributed by atoms with Crippen molar-refractivity contribution < 1.29 is 14.3 Å². The monoisotopic (exact) mass is 526 g/mol. The van der Waals surface area contributed by atoms with E-state index < -0.39 is 5.54 Å². The summed E-state index contributed by atoms with van der Waals surface area (Å²) in [6.45, 7) is 9.37. The molecule has 11 heteroatoms. The van der Waals surface area contributed by atoms with E-state index in [-0.39, 0.29) is 11.8 Å². The van der Waals surface area contributed by atoms with Crippen LogP contribution in [-0.4, -0.2) is 68.8 Å². The van der Waals surface area contributed by atoms with Gasteiger partial charge in [-0.3, -0.25) is 14.6 Å². The summed E-state index contributed by atoms with van der Waals surface area (Å²) in [4.78, 5) is 43.4. The van der Waals surface area contributed by atoms with Gasteiger partial charge in [0.1, 0.15) is 5.75 Å². The van der Waals surface area contributed by atoms with Gasteiger partial charge in [-0.25, -0.2) is 9.97 Å².